The van der Waals surface area contributed by atoms with Crippen LogP contribution in [0.25, 0.3) is 0 Å². The van der Waals surface area contributed by atoms with E-state index in [4.69, 9.17) is 11.6 Å². The molecule has 104 valence electrons. The molecule has 0 saturated heterocycles. The van der Waals surface area contributed by atoms with E-state index in [1.165, 1.54) is 0 Å². The summed E-state index contributed by atoms with van der Waals surface area (Å²) in [5, 5.41) is 3.68. The van der Waals surface area contributed by atoms with Gasteiger partial charge in [-0.1, -0.05) is 11.6 Å². The van der Waals surface area contributed by atoms with Gasteiger partial charge in [-0.15, -0.1) is 11.3 Å². The fourth-order valence-electron chi connectivity index (χ4n) is 1.59. The Balaban J connectivity index is 2.35. The highest BCUT2D eigenvalue weighted by Gasteiger charge is 2.18. The molecule has 0 aliphatic rings. The van der Waals surface area contributed by atoms with Crippen LogP contribution in [0.3, 0.4) is 0 Å². The summed E-state index contributed by atoms with van der Waals surface area (Å²) in [7, 11) is 0. The monoisotopic (exact) mass is 315 g/mol. The first-order chi connectivity index (χ1) is 9.43. The predicted octanol–water partition coefficient (Wildman–Crippen LogP) is 4.05. The third kappa shape index (κ3) is 2.71. The quantitative estimate of drug-likeness (QED) is 0.686. The molecule has 2 rings (SSSR count). The van der Waals surface area contributed by atoms with Crippen LogP contribution in [0.5, 0.6) is 0 Å². The molecule has 3 nitrogen and oxygen atoms in total. The molecule has 20 heavy (non-hydrogen) atoms. The lowest BCUT2D eigenvalue weighted by Gasteiger charge is -2.07. The van der Waals surface area contributed by atoms with Crippen LogP contribution < -0.4 is 5.32 Å². The second-order valence-corrected chi connectivity index (χ2v) is 5.29. The topological polar surface area (TPSA) is 46.2 Å². The van der Waals surface area contributed by atoms with Gasteiger partial charge in [0.25, 0.3) is 5.91 Å². The number of aryl methyl sites for hydroxylation is 1. The maximum atomic E-state index is 13.6. The van der Waals surface area contributed by atoms with Crippen LogP contribution in [-0.2, 0) is 0 Å². The first-order valence-corrected chi connectivity index (χ1v) is 6.69. The van der Waals surface area contributed by atoms with Gasteiger partial charge in [0.15, 0.2) is 6.29 Å². The summed E-state index contributed by atoms with van der Waals surface area (Å²) in [6.07, 6.45) is 0.589. The van der Waals surface area contributed by atoms with E-state index in [0.29, 0.717) is 22.4 Å². The number of carbonyl (C=O) groups is 2. The van der Waals surface area contributed by atoms with E-state index in [2.05, 4.69) is 5.32 Å². The van der Waals surface area contributed by atoms with E-state index < -0.39 is 28.1 Å². The van der Waals surface area contributed by atoms with Crippen molar-refractivity contribution >= 4 is 40.8 Å². The highest BCUT2D eigenvalue weighted by molar-refractivity contribution is 7.12. The molecule has 1 heterocycles. The lowest BCUT2D eigenvalue weighted by atomic mass is 10.1. The normalized spacial score (nSPS) is 10.4. The molecule has 1 aromatic heterocycles. The molecule has 0 aliphatic carbocycles. The molecule has 0 fully saturated rings. The van der Waals surface area contributed by atoms with Crippen molar-refractivity contribution in [2.24, 2.45) is 0 Å². The average Bonchev–Trinajstić information content (AvgIpc) is 2.75. The Morgan fingerprint density at radius 3 is 2.70 bits per heavy atom. The van der Waals surface area contributed by atoms with Crippen molar-refractivity contribution in [2.75, 3.05) is 5.32 Å². The summed E-state index contributed by atoms with van der Waals surface area (Å²) >= 11 is 6.57. The Labute approximate surface area is 122 Å². The lowest BCUT2D eigenvalue weighted by Crippen LogP contribution is -2.15. The fraction of sp³-hybridized carbons (Fsp3) is 0.0769. The smallest absolute Gasteiger partial charge is 0.258 e. The number of rotatable bonds is 3. The number of halogens is 3. The zero-order valence-electron chi connectivity index (χ0n) is 10.2. The van der Waals surface area contributed by atoms with Gasteiger partial charge in [-0.25, -0.2) is 8.78 Å². The number of anilines is 1. The number of amides is 1. The minimum atomic E-state index is -0.936. The minimum Gasteiger partial charge on any atom is -0.320 e. The van der Waals surface area contributed by atoms with Gasteiger partial charge in [0, 0.05) is 0 Å². The van der Waals surface area contributed by atoms with Crippen LogP contribution in [0.2, 0.25) is 5.02 Å². The number of nitrogens with one attached hydrogen (secondary N) is 1. The lowest BCUT2D eigenvalue weighted by molar-refractivity contribution is 0.102. The summed E-state index contributed by atoms with van der Waals surface area (Å²) < 4.78 is 26.9. The molecule has 0 saturated carbocycles. The maximum Gasteiger partial charge on any atom is 0.258 e. The van der Waals surface area contributed by atoms with Gasteiger partial charge in [0.2, 0.25) is 0 Å². The van der Waals surface area contributed by atoms with Crippen molar-refractivity contribution in [3.63, 3.8) is 0 Å². The van der Waals surface area contributed by atoms with E-state index >= 15 is 0 Å². The second kappa shape index (κ2) is 5.68. The highest BCUT2D eigenvalue weighted by atomic mass is 35.5. The molecule has 2 aromatic rings. The van der Waals surface area contributed by atoms with Gasteiger partial charge >= 0.3 is 0 Å². The van der Waals surface area contributed by atoms with E-state index in [0.717, 1.165) is 23.5 Å². The summed E-state index contributed by atoms with van der Waals surface area (Å²) in [5.74, 6) is -2.67. The number of aldehydes is 1. The van der Waals surface area contributed by atoms with Gasteiger partial charge < -0.3 is 5.32 Å². The SMILES string of the molecule is Cc1csc(C=O)c1NC(=O)c1cc(F)c(Cl)cc1F. The van der Waals surface area contributed by atoms with Crippen LogP contribution in [0.15, 0.2) is 17.5 Å². The molecule has 0 bridgehead atoms. The number of thiophene rings is 1. The molecule has 1 N–H and O–H groups in total. The Bertz CT molecular complexity index is 700. The van der Waals surface area contributed by atoms with Gasteiger partial charge in [-0.2, -0.15) is 0 Å². The Morgan fingerprint density at radius 2 is 2.05 bits per heavy atom. The third-order valence-corrected chi connectivity index (χ3v) is 3.92. The van der Waals surface area contributed by atoms with Crippen molar-refractivity contribution < 1.29 is 18.4 Å². The summed E-state index contributed by atoms with van der Waals surface area (Å²) in [6.45, 7) is 1.69. The Morgan fingerprint density at radius 1 is 1.35 bits per heavy atom. The highest BCUT2D eigenvalue weighted by Crippen LogP contribution is 2.27. The third-order valence-electron chi connectivity index (χ3n) is 2.60. The van der Waals surface area contributed by atoms with Crippen molar-refractivity contribution in [1.29, 1.82) is 0 Å². The second-order valence-electron chi connectivity index (χ2n) is 3.98. The largest absolute Gasteiger partial charge is 0.320 e. The van der Waals surface area contributed by atoms with Crippen LogP contribution in [0.4, 0.5) is 14.5 Å². The molecule has 0 aliphatic heterocycles. The summed E-state index contributed by atoms with van der Waals surface area (Å²) in [5.41, 5.74) is 0.486. The zero-order chi connectivity index (χ0) is 14.9. The molecule has 0 atom stereocenters. The molecular formula is C13H8ClF2NO2S. The predicted molar refractivity (Wildman–Crippen MR) is 73.8 cm³/mol. The average molecular weight is 316 g/mol. The van der Waals surface area contributed by atoms with Crippen molar-refractivity contribution in [1.82, 2.24) is 0 Å². The van der Waals surface area contributed by atoms with Gasteiger partial charge in [-0.05, 0) is 30.0 Å². The van der Waals surface area contributed by atoms with Crippen molar-refractivity contribution in [3.05, 3.63) is 50.2 Å². The molecule has 0 unspecified atom stereocenters. The first kappa shape index (κ1) is 14.6. The number of carbonyl (C=O) groups excluding carboxylic acids is 2. The zero-order valence-corrected chi connectivity index (χ0v) is 11.7. The minimum absolute atomic E-state index is 0.296. The number of benzene rings is 1. The summed E-state index contributed by atoms with van der Waals surface area (Å²) in [6, 6.07) is 1.45. The van der Waals surface area contributed by atoms with Gasteiger partial charge in [0.1, 0.15) is 11.6 Å². The molecule has 0 radical (unpaired) electrons. The molecular weight excluding hydrogens is 308 g/mol. The maximum absolute atomic E-state index is 13.6. The Kier molecular flexibility index (Phi) is 4.15. The van der Waals surface area contributed by atoms with Crippen molar-refractivity contribution in [3.8, 4) is 0 Å². The van der Waals surface area contributed by atoms with Crippen LogP contribution in [0.1, 0.15) is 25.6 Å². The van der Waals surface area contributed by atoms with Crippen LogP contribution >= 0.6 is 22.9 Å². The van der Waals surface area contributed by atoms with E-state index in [1.54, 1.807) is 12.3 Å². The van der Waals surface area contributed by atoms with E-state index in [1.807, 2.05) is 0 Å². The molecule has 1 aromatic carbocycles. The summed E-state index contributed by atoms with van der Waals surface area (Å²) in [4.78, 5) is 23.1. The molecule has 0 spiro atoms. The van der Waals surface area contributed by atoms with Gasteiger partial charge in [-0.3, -0.25) is 9.59 Å². The molecule has 1 amide bonds. The standard InChI is InChI=1S/C13H8ClF2NO2S/c1-6-5-20-11(4-18)12(6)17-13(19)7-2-10(16)8(14)3-9(7)15/h2-5H,1H3,(H,17,19). The number of hydrogen-bond acceptors (Lipinski definition) is 3. The fourth-order valence-corrected chi connectivity index (χ4v) is 2.55. The van der Waals surface area contributed by atoms with E-state index in [9.17, 15) is 18.4 Å². The first-order valence-electron chi connectivity index (χ1n) is 5.43. The molecule has 7 heteroatoms. The Hall–Kier alpha value is -1.79. The van der Waals surface area contributed by atoms with Crippen molar-refractivity contribution in [2.45, 2.75) is 6.92 Å². The van der Waals surface area contributed by atoms with E-state index in [-0.39, 0.29) is 0 Å². The van der Waals surface area contributed by atoms with Crippen LogP contribution in [0, 0.1) is 18.6 Å². The van der Waals surface area contributed by atoms with Gasteiger partial charge in [0.05, 0.1) is 21.2 Å². The number of hydrogen-bond donors (Lipinski definition) is 1. The van der Waals surface area contributed by atoms with Crippen LogP contribution in [-0.4, -0.2) is 12.2 Å².